The smallest absolute Gasteiger partial charge is 0.278 e. The highest BCUT2D eigenvalue weighted by Crippen LogP contribution is 2.33. The van der Waals surface area contributed by atoms with Crippen molar-refractivity contribution in [1.82, 2.24) is 9.97 Å². The van der Waals surface area contributed by atoms with Crippen LogP contribution in [-0.2, 0) is 6.54 Å². The quantitative estimate of drug-likeness (QED) is 0.403. The molecule has 0 aliphatic heterocycles. The third kappa shape index (κ3) is 2.78. The Morgan fingerprint density at radius 1 is 1.16 bits per heavy atom. The van der Waals surface area contributed by atoms with E-state index in [9.17, 15) is 10.1 Å². The van der Waals surface area contributed by atoms with Gasteiger partial charge in [-0.1, -0.05) is 12.1 Å². The Hall–Kier alpha value is -3.06. The summed E-state index contributed by atoms with van der Waals surface area (Å²) in [6.45, 7) is 0.634. The summed E-state index contributed by atoms with van der Waals surface area (Å²) in [5.74, 6) is 0. The molecule has 2 aromatic carbocycles. The summed E-state index contributed by atoms with van der Waals surface area (Å²) in [5.41, 5.74) is 1.98. The molecule has 0 amide bonds. The van der Waals surface area contributed by atoms with E-state index in [4.69, 9.17) is 0 Å². The molecule has 0 bridgehead atoms. The van der Waals surface area contributed by atoms with Crippen LogP contribution in [0, 0.1) is 10.1 Å². The van der Waals surface area contributed by atoms with Gasteiger partial charge < -0.3 is 4.90 Å². The van der Waals surface area contributed by atoms with Crippen molar-refractivity contribution >= 4 is 43.7 Å². The summed E-state index contributed by atoms with van der Waals surface area (Å²) >= 11 is 1.66. The van der Waals surface area contributed by atoms with E-state index >= 15 is 0 Å². The maximum absolute atomic E-state index is 11.2. The van der Waals surface area contributed by atoms with Crippen molar-refractivity contribution in [2.45, 2.75) is 6.54 Å². The van der Waals surface area contributed by atoms with Gasteiger partial charge in [-0.15, -0.1) is 11.3 Å². The van der Waals surface area contributed by atoms with Gasteiger partial charge in [0.15, 0.2) is 0 Å². The standard InChI is InChI=1S/C18H14N4O2S/c1-21(11-18-20-14-4-2-3-5-17(14)25-18)15-6-7-16(22(23)24)13-10-19-9-8-12(13)15/h2-10H,11H2,1H3. The lowest BCUT2D eigenvalue weighted by Crippen LogP contribution is -2.16. The molecule has 25 heavy (non-hydrogen) atoms. The zero-order valence-corrected chi connectivity index (χ0v) is 14.2. The van der Waals surface area contributed by atoms with Gasteiger partial charge in [-0.3, -0.25) is 15.1 Å². The number of anilines is 1. The first kappa shape index (κ1) is 15.5. The van der Waals surface area contributed by atoms with Crippen LogP contribution in [0.1, 0.15) is 5.01 Å². The molecule has 7 heteroatoms. The number of nitrogens with zero attached hydrogens (tertiary/aromatic N) is 4. The van der Waals surface area contributed by atoms with Crippen LogP contribution in [0.4, 0.5) is 11.4 Å². The monoisotopic (exact) mass is 350 g/mol. The molecule has 2 heterocycles. The number of benzene rings is 2. The molecular formula is C18H14N4O2S. The molecule has 2 aromatic heterocycles. The maximum Gasteiger partial charge on any atom is 0.278 e. The second-order valence-corrected chi connectivity index (χ2v) is 6.83. The van der Waals surface area contributed by atoms with Crippen molar-refractivity contribution in [3.05, 3.63) is 70.0 Å². The number of pyridine rings is 1. The minimum Gasteiger partial charge on any atom is -0.367 e. The number of non-ortho nitro benzene ring substituents is 1. The Kier molecular flexibility index (Phi) is 3.77. The number of fused-ring (bicyclic) bond motifs is 2. The number of hydrogen-bond acceptors (Lipinski definition) is 6. The fourth-order valence-corrected chi connectivity index (χ4v) is 3.95. The molecule has 0 aliphatic carbocycles. The highest BCUT2D eigenvalue weighted by Gasteiger charge is 2.17. The van der Waals surface area contributed by atoms with E-state index < -0.39 is 0 Å². The van der Waals surface area contributed by atoms with E-state index in [2.05, 4.69) is 20.9 Å². The fourth-order valence-electron chi connectivity index (χ4n) is 2.93. The lowest BCUT2D eigenvalue weighted by molar-refractivity contribution is -0.383. The van der Waals surface area contributed by atoms with Crippen LogP contribution in [0.3, 0.4) is 0 Å². The Bertz CT molecular complexity index is 1060. The maximum atomic E-state index is 11.2. The Balaban J connectivity index is 1.73. The normalized spacial score (nSPS) is 11.1. The zero-order chi connectivity index (χ0) is 17.4. The minimum atomic E-state index is -0.374. The van der Waals surface area contributed by atoms with E-state index in [0.717, 1.165) is 26.3 Å². The summed E-state index contributed by atoms with van der Waals surface area (Å²) < 4.78 is 1.16. The van der Waals surface area contributed by atoms with Gasteiger partial charge in [-0.2, -0.15) is 0 Å². The zero-order valence-electron chi connectivity index (χ0n) is 13.4. The molecule has 124 valence electrons. The minimum absolute atomic E-state index is 0.0697. The third-order valence-corrected chi connectivity index (χ3v) is 5.11. The van der Waals surface area contributed by atoms with Crippen LogP contribution in [0.15, 0.2) is 54.9 Å². The summed E-state index contributed by atoms with van der Waals surface area (Å²) in [4.78, 5) is 21.6. The van der Waals surface area contributed by atoms with E-state index in [1.807, 2.05) is 31.3 Å². The van der Waals surface area contributed by atoms with E-state index in [1.165, 1.54) is 6.07 Å². The van der Waals surface area contributed by atoms with Crippen LogP contribution in [0.25, 0.3) is 21.0 Å². The van der Waals surface area contributed by atoms with Gasteiger partial charge in [-0.25, -0.2) is 4.98 Å². The molecular weight excluding hydrogens is 336 g/mol. The first-order valence-electron chi connectivity index (χ1n) is 7.70. The SMILES string of the molecule is CN(Cc1nc2ccccc2s1)c1ccc([N+](=O)[O-])c2cnccc12. The number of rotatable bonds is 4. The first-order valence-corrected chi connectivity index (χ1v) is 8.52. The molecule has 0 radical (unpaired) electrons. The van der Waals surface area contributed by atoms with Crippen LogP contribution in [-0.4, -0.2) is 21.9 Å². The summed E-state index contributed by atoms with van der Waals surface area (Å²) in [6, 6.07) is 13.2. The predicted octanol–water partition coefficient (Wildman–Crippen LogP) is 4.39. The highest BCUT2D eigenvalue weighted by molar-refractivity contribution is 7.18. The molecule has 4 aromatic rings. The Morgan fingerprint density at radius 2 is 2.00 bits per heavy atom. The van der Waals surface area contributed by atoms with Crippen molar-refractivity contribution < 1.29 is 4.92 Å². The number of para-hydroxylation sites is 1. The molecule has 0 atom stereocenters. The molecule has 4 rings (SSSR count). The Morgan fingerprint density at radius 3 is 2.80 bits per heavy atom. The number of nitro groups is 1. The van der Waals surface area contributed by atoms with Crippen molar-refractivity contribution in [2.24, 2.45) is 0 Å². The summed E-state index contributed by atoms with van der Waals surface area (Å²) in [6.07, 6.45) is 3.20. The van der Waals surface area contributed by atoms with Crippen molar-refractivity contribution in [1.29, 1.82) is 0 Å². The van der Waals surface area contributed by atoms with E-state index in [-0.39, 0.29) is 10.6 Å². The van der Waals surface area contributed by atoms with Gasteiger partial charge >= 0.3 is 0 Å². The average molecular weight is 350 g/mol. The molecule has 0 saturated carbocycles. The first-order chi connectivity index (χ1) is 12.1. The highest BCUT2D eigenvalue weighted by atomic mass is 32.1. The summed E-state index contributed by atoms with van der Waals surface area (Å²) in [7, 11) is 1.97. The van der Waals surface area contributed by atoms with E-state index in [0.29, 0.717) is 11.9 Å². The lowest BCUT2D eigenvalue weighted by Gasteiger charge is -2.19. The number of thiazole rings is 1. The topological polar surface area (TPSA) is 72.2 Å². The molecule has 6 nitrogen and oxygen atoms in total. The van der Waals surface area contributed by atoms with Gasteiger partial charge in [-0.05, 0) is 24.3 Å². The number of hydrogen-bond donors (Lipinski definition) is 0. The molecule has 0 fully saturated rings. The molecule has 0 N–H and O–H groups in total. The number of aromatic nitrogens is 2. The van der Waals surface area contributed by atoms with Crippen LogP contribution < -0.4 is 4.90 Å². The summed E-state index contributed by atoms with van der Waals surface area (Å²) in [5, 5.41) is 13.6. The van der Waals surface area contributed by atoms with Crippen LogP contribution in [0.5, 0.6) is 0 Å². The molecule has 0 unspecified atom stereocenters. The second kappa shape index (κ2) is 6.10. The van der Waals surface area contributed by atoms with Gasteiger partial charge in [0.1, 0.15) is 5.01 Å². The van der Waals surface area contributed by atoms with Crippen molar-refractivity contribution in [2.75, 3.05) is 11.9 Å². The van der Waals surface area contributed by atoms with E-state index in [1.54, 1.807) is 29.8 Å². The molecule has 0 spiro atoms. The largest absolute Gasteiger partial charge is 0.367 e. The van der Waals surface area contributed by atoms with Gasteiger partial charge in [0.25, 0.3) is 5.69 Å². The van der Waals surface area contributed by atoms with Gasteiger partial charge in [0.2, 0.25) is 0 Å². The molecule has 0 saturated heterocycles. The fraction of sp³-hybridized carbons (Fsp3) is 0.111. The van der Waals surface area contributed by atoms with Crippen LogP contribution >= 0.6 is 11.3 Å². The van der Waals surface area contributed by atoms with Crippen LogP contribution in [0.2, 0.25) is 0 Å². The van der Waals surface area contributed by atoms with Crippen molar-refractivity contribution in [3.8, 4) is 0 Å². The van der Waals surface area contributed by atoms with Crippen molar-refractivity contribution in [3.63, 3.8) is 0 Å². The second-order valence-electron chi connectivity index (χ2n) is 5.71. The third-order valence-electron chi connectivity index (χ3n) is 4.09. The lowest BCUT2D eigenvalue weighted by atomic mass is 10.1. The number of nitro benzene ring substituents is 1. The average Bonchev–Trinajstić information content (AvgIpc) is 3.02. The van der Waals surface area contributed by atoms with Gasteiger partial charge in [0.05, 0.1) is 27.1 Å². The Labute approximate surface area is 147 Å². The predicted molar refractivity (Wildman–Crippen MR) is 100 cm³/mol. The molecule has 0 aliphatic rings. The van der Waals surface area contributed by atoms with Gasteiger partial charge in [0, 0.05) is 36.6 Å².